The molecule has 0 aromatic heterocycles. The maximum absolute atomic E-state index is 12.8. The van der Waals surface area contributed by atoms with Crippen LogP contribution >= 0.6 is 0 Å². The summed E-state index contributed by atoms with van der Waals surface area (Å²) in [4.78, 5) is 29.3. The van der Waals surface area contributed by atoms with Crippen LogP contribution in [0, 0.1) is 5.92 Å². The third kappa shape index (κ3) is 4.10. The second-order valence-electron chi connectivity index (χ2n) is 8.64. The Morgan fingerprint density at radius 1 is 0.938 bits per heavy atom. The molecule has 2 aromatic carbocycles. The molecule has 2 amide bonds. The molecule has 0 bridgehead atoms. The van der Waals surface area contributed by atoms with E-state index in [1.165, 1.54) is 0 Å². The van der Waals surface area contributed by atoms with E-state index >= 15 is 0 Å². The Labute approximate surface area is 187 Å². The number of rotatable bonds is 4. The zero-order valence-electron chi connectivity index (χ0n) is 18.2. The van der Waals surface area contributed by atoms with Gasteiger partial charge in [-0.1, -0.05) is 0 Å². The van der Waals surface area contributed by atoms with Gasteiger partial charge in [-0.25, -0.2) is 0 Å². The van der Waals surface area contributed by atoms with Gasteiger partial charge in [0, 0.05) is 49.2 Å². The van der Waals surface area contributed by atoms with E-state index in [9.17, 15) is 9.59 Å². The fourth-order valence-corrected chi connectivity index (χ4v) is 4.57. The molecular formula is C24H27N3O5. The average Bonchev–Trinajstić information content (AvgIpc) is 3.39. The zero-order valence-corrected chi connectivity index (χ0v) is 18.2. The highest BCUT2D eigenvalue weighted by Crippen LogP contribution is 2.37. The highest BCUT2D eigenvalue weighted by molar-refractivity contribution is 6.03. The van der Waals surface area contributed by atoms with Crippen LogP contribution in [0.3, 0.4) is 0 Å². The Balaban J connectivity index is 1.21. The summed E-state index contributed by atoms with van der Waals surface area (Å²) in [5.74, 6) is 0.651. The van der Waals surface area contributed by atoms with Gasteiger partial charge in [0.15, 0.2) is 11.5 Å². The van der Waals surface area contributed by atoms with Gasteiger partial charge in [-0.05, 0) is 50.2 Å². The molecule has 3 aliphatic heterocycles. The molecule has 0 radical (unpaired) electrons. The second kappa shape index (κ2) is 8.35. The zero-order chi connectivity index (χ0) is 22.2. The number of anilines is 3. The molecule has 8 nitrogen and oxygen atoms in total. The molecule has 0 spiro atoms. The Kier molecular flexibility index (Phi) is 5.38. The number of morpholine rings is 1. The molecule has 0 aliphatic carbocycles. The molecule has 5 rings (SSSR count). The predicted molar refractivity (Wildman–Crippen MR) is 120 cm³/mol. The van der Waals surface area contributed by atoms with Crippen LogP contribution in [0.25, 0.3) is 0 Å². The molecular weight excluding hydrogens is 410 g/mol. The predicted octanol–water partition coefficient (Wildman–Crippen LogP) is 3.02. The molecule has 0 saturated carbocycles. The topological polar surface area (TPSA) is 80.3 Å². The van der Waals surface area contributed by atoms with Gasteiger partial charge < -0.3 is 29.3 Å². The Morgan fingerprint density at radius 2 is 1.62 bits per heavy atom. The first kappa shape index (κ1) is 20.6. The number of nitrogens with one attached hydrogen (secondary N) is 1. The lowest BCUT2D eigenvalue weighted by atomic mass is 10.1. The monoisotopic (exact) mass is 437 g/mol. The molecule has 3 heterocycles. The Hall–Kier alpha value is -3.26. The number of carbonyl (C=O) groups is 2. The van der Waals surface area contributed by atoms with E-state index in [0.717, 1.165) is 24.5 Å². The van der Waals surface area contributed by atoms with Crippen LogP contribution in [0.15, 0.2) is 42.5 Å². The van der Waals surface area contributed by atoms with E-state index in [2.05, 4.69) is 24.1 Å². The quantitative estimate of drug-likeness (QED) is 0.792. The molecule has 3 unspecified atom stereocenters. The molecule has 2 saturated heterocycles. The van der Waals surface area contributed by atoms with Crippen molar-refractivity contribution in [2.45, 2.75) is 32.5 Å². The van der Waals surface area contributed by atoms with Gasteiger partial charge in [0.05, 0.1) is 18.1 Å². The largest absolute Gasteiger partial charge is 0.454 e. The van der Waals surface area contributed by atoms with Gasteiger partial charge >= 0.3 is 0 Å². The maximum Gasteiger partial charge on any atom is 0.231 e. The van der Waals surface area contributed by atoms with E-state index < -0.39 is 5.92 Å². The Bertz CT molecular complexity index is 1010. The number of carbonyl (C=O) groups excluding carboxylic acids is 2. The van der Waals surface area contributed by atoms with Crippen LogP contribution in [0.1, 0.15) is 20.3 Å². The fraction of sp³-hybridized carbons (Fsp3) is 0.417. The summed E-state index contributed by atoms with van der Waals surface area (Å²) in [6.45, 7) is 6.36. The fourth-order valence-electron chi connectivity index (χ4n) is 4.57. The minimum absolute atomic E-state index is 0.0741. The van der Waals surface area contributed by atoms with E-state index in [-0.39, 0.29) is 37.2 Å². The lowest BCUT2D eigenvalue weighted by Crippen LogP contribution is -2.45. The maximum atomic E-state index is 12.8. The number of hydrogen-bond acceptors (Lipinski definition) is 6. The van der Waals surface area contributed by atoms with Gasteiger partial charge in [-0.2, -0.15) is 0 Å². The first-order valence-electron chi connectivity index (χ1n) is 11.0. The van der Waals surface area contributed by atoms with Crippen molar-refractivity contribution in [2.75, 3.05) is 41.5 Å². The standard InChI is InChI=1S/C24H27N3O5/c1-15-11-26(12-16(2)32-15)19-5-3-18(4-6-19)25-24(29)17-9-23(28)27(13-17)20-7-8-21-22(10-20)31-14-30-21/h3-8,10,15-17H,9,11-14H2,1-2H3,(H,25,29). The van der Waals surface area contributed by atoms with Crippen LogP contribution in [0.5, 0.6) is 11.5 Å². The third-order valence-electron chi connectivity index (χ3n) is 6.08. The van der Waals surface area contributed by atoms with E-state index in [4.69, 9.17) is 14.2 Å². The number of amides is 2. The van der Waals surface area contributed by atoms with Crippen molar-refractivity contribution in [3.63, 3.8) is 0 Å². The lowest BCUT2D eigenvalue weighted by molar-refractivity contribution is -0.122. The minimum Gasteiger partial charge on any atom is -0.454 e. The van der Waals surface area contributed by atoms with Crippen LogP contribution in [0.4, 0.5) is 17.1 Å². The number of fused-ring (bicyclic) bond motifs is 1. The summed E-state index contributed by atoms with van der Waals surface area (Å²) in [6.07, 6.45) is 0.554. The van der Waals surface area contributed by atoms with Crippen molar-refractivity contribution < 1.29 is 23.8 Å². The number of hydrogen-bond donors (Lipinski definition) is 1. The SMILES string of the molecule is CC1CN(c2ccc(NC(=O)C3CC(=O)N(c4ccc5c(c4)OCO5)C3)cc2)CC(C)O1. The van der Waals surface area contributed by atoms with Crippen molar-refractivity contribution in [3.8, 4) is 11.5 Å². The lowest BCUT2D eigenvalue weighted by Gasteiger charge is -2.36. The van der Waals surface area contributed by atoms with Gasteiger partial charge in [-0.3, -0.25) is 9.59 Å². The number of benzene rings is 2. The van der Waals surface area contributed by atoms with Crippen molar-refractivity contribution >= 4 is 28.9 Å². The Morgan fingerprint density at radius 3 is 2.38 bits per heavy atom. The number of nitrogens with zero attached hydrogens (tertiary/aromatic N) is 2. The molecule has 1 N–H and O–H groups in total. The third-order valence-corrected chi connectivity index (χ3v) is 6.08. The highest BCUT2D eigenvalue weighted by atomic mass is 16.7. The summed E-state index contributed by atoms with van der Waals surface area (Å²) in [5, 5.41) is 2.96. The minimum atomic E-state index is -0.409. The average molecular weight is 437 g/mol. The van der Waals surface area contributed by atoms with Gasteiger partial charge in [0.25, 0.3) is 0 Å². The molecule has 2 fully saturated rings. The van der Waals surface area contributed by atoms with Crippen molar-refractivity contribution in [1.82, 2.24) is 0 Å². The van der Waals surface area contributed by atoms with Crippen molar-refractivity contribution in [3.05, 3.63) is 42.5 Å². The van der Waals surface area contributed by atoms with Crippen LogP contribution in [-0.4, -0.2) is 50.4 Å². The van der Waals surface area contributed by atoms with Crippen molar-refractivity contribution in [2.24, 2.45) is 5.92 Å². The summed E-state index contributed by atoms with van der Waals surface area (Å²) in [7, 11) is 0. The van der Waals surface area contributed by atoms with Crippen LogP contribution in [-0.2, 0) is 14.3 Å². The van der Waals surface area contributed by atoms with Gasteiger partial charge in [-0.15, -0.1) is 0 Å². The van der Waals surface area contributed by atoms with E-state index in [0.29, 0.717) is 23.7 Å². The second-order valence-corrected chi connectivity index (χ2v) is 8.64. The van der Waals surface area contributed by atoms with Gasteiger partial charge in [0.1, 0.15) is 0 Å². The first-order chi connectivity index (χ1) is 15.5. The summed E-state index contributed by atoms with van der Waals surface area (Å²) < 4.78 is 16.5. The molecule has 32 heavy (non-hydrogen) atoms. The smallest absolute Gasteiger partial charge is 0.231 e. The summed E-state index contributed by atoms with van der Waals surface area (Å²) >= 11 is 0. The first-order valence-corrected chi connectivity index (χ1v) is 11.0. The summed E-state index contributed by atoms with van der Waals surface area (Å²) in [6, 6.07) is 13.2. The van der Waals surface area contributed by atoms with E-state index in [1.807, 2.05) is 30.3 Å². The normalized spacial score (nSPS) is 24.7. The van der Waals surface area contributed by atoms with Gasteiger partial charge in [0.2, 0.25) is 18.6 Å². The van der Waals surface area contributed by atoms with Crippen molar-refractivity contribution in [1.29, 1.82) is 0 Å². The van der Waals surface area contributed by atoms with Crippen LogP contribution < -0.4 is 24.6 Å². The molecule has 8 heteroatoms. The molecule has 3 atom stereocenters. The molecule has 2 aromatic rings. The van der Waals surface area contributed by atoms with E-state index in [1.54, 1.807) is 17.0 Å². The molecule has 3 aliphatic rings. The number of ether oxygens (including phenoxy) is 3. The summed E-state index contributed by atoms with van der Waals surface area (Å²) in [5.41, 5.74) is 2.55. The van der Waals surface area contributed by atoms with Crippen LogP contribution in [0.2, 0.25) is 0 Å². The highest BCUT2D eigenvalue weighted by Gasteiger charge is 2.35. The molecule has 168 valence electrons.